The molecule has 0 bridgehead atoms. The quantitative estimate of drug-likeness (QED) is 0.681. The van der Waals surface area contributed by atoms with E-state index >= 15 is 0 Å². The Kier molecular flexibility index (Phi) is 8.50. The van der Waals surface area contributed by atoms with Crippen molar-refractivity contribution in [2.75, 3.05) is 29.2 Å². The molecule has 1 rings (SSSR count). The molecule has 120 valence electrons. The van der Waals surface area contributed by atoms with Gasteiger partial charge in [-0.2, -0.15) is 11.8 Å². The number of aromatic nitrogens is 2. The molecule has 1 unspecified atom stereocenters. The van der Waals surface area contributed by atoms with Crippen molar-refractivity contribution in [3.63, 3.8) is 0 Å². The van der Waals surface area contributed by atoms with Gasteiger partial charge in [0.25, 0.3) is 0 Å². The van der Waals surface area contributed by atoms with Gasteiger partial charge in [0.1, 0.15) is 17.5 Å². The highest BCUT2D eigenvalue weighted by Crippen LogP contribution is 2.22. The molecule has 1 aromatic heterocycles. The Morgan fingerprint density at radius 1 is 1.14 bits per heavy atom. The smallest absolute Gasteiger partial charge is 0.134 e. The molecule has 0 saturated heterocycles. The van der Waals surface area contributed by atoms with E-state index in [4.69, 9.17) is 4.98 Å². The second-order valence-corrected chi connectivity index (χ2v) is 6.45. The van der Waals surface area contributed by atoms with Gasteiger partial charge in [-0.05, 0) is 45.1 Å². The van der Waals surface area contributed by atoms with Crippen LogP contribution in [0.3, 0.4) is 0 Å². The molecular weight excluding hydrogens is 280 g/mol. The Hall–Kier alpha value is -0.970. The molecule has 21 heavy (non-hydrogen) atoms. The first kappa shape index (κ1) is 18.1. The van der Waals surface area contributed by atoms with E-state index in [9.17, 15) is 0 Å². The van der Waals surface area contributed by atoms with Gasteiger partial charge in [0.05, 0.1) is 0 Å². The van der Waals surface area contributed by atoms with Crippen LogP contribution in [0.1, 0.15) is 51.4 Å². The molecule has 0 fully saturated rings. The SMILES string of the molecule is CCCNc1nc(CCC)nc(NC(C)CCSC)c1C. The summed E-state index contributed by atoms with van der Waals surface area (Å²) >= 11 is 1.89. The molecule has 0 radical (unpaired) electrons. The van der Waals surface area contributed by atoms with Gasteiger partial charge in [-0.3, -0.25) is 0 Å². The average molecular weight is 311 g/mol. The Morgan fingerprint density at radius 3 is 2.48 bits per heavy atom. The van der Waals surface area contributed by atoms with Crippen LogP contribution in [-0.2, 0) is 6.42 Å². The van der Waals surface area contributed by atoms with Gasteiger partial charge in [0.2, 0.25) is 0 Å². The number of rotatable bonds is 10. The van der Waals surface area contributed by atoms with Crippen molar-refractivity contribution in [3.8, 4) is 0 Å². The van der Waals surface area contributed by atoms with Crippen LogP contribution in [0, 0.1) is 6.92 Å². The van der Waals surface area contributed by atoms with E-state index in [-0.39, 0.29) is 0 Å². The fourth-order valence-electron chi connectivity index (χ4n) is 2.05. The minimum Gasteiger partial charge on any atom is -0.370 e. The zero-order valence-corrected chi connectivity index (χ0v) is 14.9. The summed E-state index contributed by atoms with van der Waals surface area (Å²) in [6.45, 7) is 9.59. The Morgan fingerprint density at radius 2 is 1.86 bits per heavy atom. The van der Waals surface area contributed by atoms with Crippen LogP contribution in [0.25, 0.3) is 0 Å². The van der Waals surface area contributed by atoms with Crippen LogP contribution in [0.5, 0.6) is 0 Å². The van der Waals surface area contributed by atoms with Crippen LogP contribution >= 0.6 is 11.8 Å². The fourth-order valence-corrected chi connectivity index (χ4v) is 2.64. The summed E-state index contributed by atoms with van der Waals surface area (Å²) in [4.78, 5) is 9.37. The molecule has 0 aliphatic rings. The van der Waals surface area contributed by atoms with Crippen molar-refractivity contribution in [2.24, 2.45) is 0 Å². The molecule has 0 amide bonds. The van der Waals surface area contributed by atoms with Crippen molar-refractivity contribution in [3.05, 3.63) is 11.4 Å². The van der Waals surface area contributed by atoms with Crippen molar-refractivity contribution >= 4 is 23.4 Å². The number of hydrogen-bond acceptors (Lipinski definition) is 5. The van der Waals surface area contributed by atoms with Gasteiger partial charge >= 0.3 is 0 Å². The summed E-state index contributed by atoms with van der Waals surface area (Å²) < 4.78 is 0. The molecular formula is C16H30N4S. The van der Waals surface area contributed by atoms with Crippen LogP contribution in [0.2, 0.25) is 0 Å². The summed E-state index contributed by atoms with van der Waals surface area (Å²) in [6, 6.07) is 0.430. The van der Waals surface area contributed by atoms with E-state index in [1.807, 2.05) is 11.8 Å². The third-order valence-corrected chi connectivity index (χ3v) is 3.99. The summed E-state index contributed by atoms with van der Waals surface area (Å²) in [7, 11) is 0. The van der Waals surface area contributed by atoms with Crippen molar-refractivity contribution in [1.29, 1.82) is 0 Å². The average Bonchev–Trinajstić information content (AvgIpc) is 2.47. The zero-order valence-electron chi connectivity index (χ0n) is 14.1. The van der Waals surface area contributed by atoms with E-state index in [1.54, 1.807) is 0 Å². The zero-order chi connectivity index (χ0) is 15.7. The second kappa shape index (κ2) is 9.87. The first-order valence-electron chi connectivity index (χ1n) is 7.99. The van der Waals surface area contributed by atoms with Gasteiger partial charge < -0.3 is 10.6 Å². The number of hydrogen-bond donors (Lipinski definition) is 2. The number of anilines is 2. The number of thioether (sulfide) groups is 1. The lowest BCUT2D eigenvalue weighted by molar-refractivity contribution is 0.756. The molecule has 0 saturated carbocycles. The summed E-state index contributed by atoms with van der Waals surface area (Å²) in [5.74, 6) is 4.07. The Balaban J connectivity index is 2.90. The van der Waals surface area contributed by atoms with E-state index in [1.165, 1.54) is 5.75 Å². The van der Waals surface area contributed by atoms with Gasteiger partial charge in [-0.15, -0.1) is 0 Å². The third kappa shape index (κ3) is 6.12. The Bertz CT molecular complexity index is 423. The molecule has 0 aliphatic carbocycles. The number of nitrogens with one attached hydrogen (secondary N) is 2. The predicted octanol–water partition coefficient (Wildman–Crippen LogP) is 4.11. The van der Waals surface area contributed by atoms with Crippen LogP contribution in [-0.4, -0.2) is 34.6 Å². The highest BCUT2D eigenvalue weighted by molar-refractivity contribution is 7.98. The molecule has 4 nitrogen and oxygen atoms in total. The second-order valence-electron chi connectivity index (χ2n) is 5.47. The molecule has 1 heterocycles. The predicted molar refractivity (Wildman–Crippen MR) is 95.6 cm³/mol. The van der Waals surface area contributed by atoms with E-state index in [2.05, 4.69) is 49.6 Å². The standard InChI is InChI=1S/C16H30N4S/c1-6-8-14-19-15(17-10-7-2)13(4)16(20-14)18-12(3)9-11-21-5/h12H,6-11H2,1-5H3,(H2,17,18,19,20). The summed E-state index contributed by atoms with van der Waals surface area (Å²) in [6.07, 6.45) is 6.38. The van der Waals surface area contributed by atoms with E-state index < -0.39 is 0 Å². The molecule has 2 N–H and O–H groups in total. The normalized spacial score (nSPS) is 12.2. The summed E-state index contributed by atoms with van der Waals surface area (Å²) in [5.41, 5.74) is 1.12. The fraction of sp³-hybridized carbons (Fsp3) is 0.750. The molecule has 1 atom stereocenters. The molecule has 0 aromatic carbocycles. The first-order chi connectivity index (χ1) is 10.1. The molecule has 0 spiro atoms. The maximum atomic E-state index is 4.71. The maximum Gasteiger partial charge on any atom is 0.134 e. The lowest BCUT2D eigenvalue weighted by Crippen LogP contribution is -2.19. The van der Waals surface area contributed by atoms with Crippen LogP contribution < -0.4 is 10.6 Å². The van der Waals surface area contributed by atoms with E-state index in [0.29, 0.717) is 6.04 Å². The van der Waals surface area contributed by atoms with Gasteiger partial charge in [0.15, 0.2) is 0 Å². The largest absolute Gasteiger partial charge is 0.370 e. The van der Waals surface area contributed by atoms with Crippen LogP contribution in [0.15, 0.2) is 0 Å². The van der Waals surface area contributed by atoms with Gasteiger partial charge in [-0.1, -0.05) is 13.8 Å². The highest BCUT2D eigenvalue weighted by atomic mass is 32.2. The minimum absolute atomic E-state index is 0.430. The lowest BCUT2D eigenvalue weighted by Gasteiger charge is -2.18. The van der Waals surface area contributed by atoms with Gasteiger partial charge in [0, 0.05) is 24.6 Å². The Labute approximate surface area is 133 Å². The van der Waals surface area contributed by atoms with Crippen LogP contribution in [0.4, 0.5) is 11.6 Å². The molecule has 0 aliphatic heterocycles. The number of aryl methyl sites for hydroxylation is 1. The van der Waals surface area contributed by atoms with Crippen molar-refractivity contribution in [1.82, 2.24) is 9.97 Å². The summed E-state index contributed by atoms with van der Waals surface area (Å²) in [5, 5.41) is 6.98. The van der Waals surface area contributed by atoms with Gasteiger partial charge in [-0.25, -0.2) is 9.97 Å². The lowest BCUT2D eigenvalue weighted by atomic mass is 10.2. The maximum absolute atomic E-state index is 4.71. The van der Waals surface area contributed by atoms with E-state index in [0.717, 1.165) is 55.3 Å². The van der Waals surface area contributed by atoms with Crippen molar-refractivity contribution in [2.45, 2.75) is 59.4 Å². The third-order valence-electron chi connectivity index (χ3n) is 3.35. The topological polar surface area (TPSA) is 49.8 Å². The minimum atomic E-state index is 0.430. The molecule has 5 heteroatoms. The first-order valence-corrected chi connectivity index (χ1v) is 9.38. The molecule has 1 aromatic rings. The van der Waals surface area contributed by atoms with Crippen molar-refractivity contribution < 1.29 is 0 Å². The monoisotopic (exact) mass is 310 g/mol. The highest BCUT2D eigenvalue weighted by Gasteiger charge is 2.12. The number of nitrogens with zero attached hydrogens (tertiary/aromatic N) is 2.